The lowest BCUT2D eigenvalue weighted by atomic mass is 9.99. The zero-order valence-electron chi connectivity index (χ0n) is 21.3. The van der Waals surface area contributed by atoms with E-state index in [9.17, 15) is 0 Å². The van der Waals surface area contributed by atoms with Gasteiger partial charge in [0.2, 0.25) is 0 Å². The van der Waals surface area contributed by atoms with E-state index in [-0.39, 0.29) is 0 Å². The standard InChI is InChI=1S/C31H39NO2/c1-23(2)27-12-14-30(33-4)29(20-27)22-32-15-6-5-7-16-34-31-13-11-24(3)17-28(31)19-25-9-8-10-26(18-25)21-32/h8-14,17-18,20,23H,5-7,15-16,19,21-22H2,1-4H3. The van der Waals surface area contributed by atoms with Crippen molar-refractivity contribution in [2.24, 2.45) is 0 Å². The van der Waals surface area contributed by atoms with Crippen molar-refractivity contribution in [3.05, 3.63) is 94.0 Å². The molecule has 3 nitrogen and oxygen atoms in total. The Labute approximate surface area is 205 Å². The number of nitrogens with zero attached hydrogens (tertiary/aromatic N) is 1. The van der Waals surface area contributed by atoms with E-state index < -0.39 is 0 Å². The van der Waals surface area contributed by atoms with Gasteiger partial charge in [0.25, 0.3) is 0 Å². The first kappa shape index (κ1) is 24.3. The molecular formula is C31H39NO2. The van der Waals surface area contributed by atoms with E-state index in [0.717, 1.165) is 57.0 Å². The Morgan fingerprint density at radius 1 is 0.941 bits per heavy atom. The van der Waals surface area contributed by atoms with Crippen LogP contribution in [0.2, 0.25) is 0 Å². The van der Waals surface area contributed by atoms with Crippen molar-refractivity contribution >= 4 is 0 Å². The van der Waals surface area contributed by atoms with E-state index in [1.807, 2.05) is 0 Å². The van der Waals surface area contributed by atoms with Crippen LogP contribution >= 0.6 is 0 Å². The molecule has 1 heterocycles. The number of hydrogen-bond donors (Lipinski definition) is 0. The fourth-order valence-electron chi connectivity index (χ4n) is 4.84. The molecule has 3 heteroatoms. The number of rotatable bonds is 4. The molecule has 0 N–H and O–H groups in total. The predicted octanol–water partition coefficient (Wildman–Crippen LogP) is 7.28. The number of methoxy groups -OCH3 is 1. The third kappa shape index (κ3) is 6.42. The summed E-state index contributed by atoms with van der Waals surface area (Å²) in [5.74, 6) is 2.52. The monoisotopic (exact) mass is 457 g/mol. The van der Waals surface area contributed by atoms with Gasteiger partial charge in [-0.2, -0.15) is 0 Å². The van der Waals surface area contributed by atoms with Crippen LogP contribution in [0.25, 0.3) is 0 Å². The van der Waals surface area contributed by atoms with E-state index in [2.05, 4.69) is 86.3 Å². The van der Waals surface area contributed by atoms with Crippen molar-refractivity contribution in [3.63, 3.8) is 0 Å². The number of hydrogen-bond acceptors (Lipinski definition) is 3. The van der Waals surface area contributed by atoms with E-state index >= 15 is 0 Å². The van der Waals surface area contributed by atoms with Crippen molar-refractivity contribution < 1.29 is 9.47 Å². The first-order chi connectivity index (χ1) is 16.5. The normalized spacial score (nSPS) is 15.3. The minimum Gasteiger partial charge on any atom is -0.496 e. The number of fused-ring (bicyclic) bond motifs is 3. The highest BCUT2D eigenvalue weighted by Crippen LogP contribution is 2.28. The molecule has 1 aliphatic heterocycles. The van der Waals surface area contributed by atoms with Gasteiger partial charge in [-0.15, -0.1) is 0 Å². The van der Waals surface area contributed by atoms with Gasteiger partial charge in [-0.05, 0) is 73.0 Å². The summed E-state index contributed by atoms with van der Waals surface area (Å²) in [6.07, 6.45) is 4.31. The molecule has 0 radical (unpaired) electrons. The second kappa shape index (κ2) is 11.6. The number of aryl methyl sites for hydroxylation is 1. The van der Waals surface area contributed by atoms with Crippen molar-refractivity contribution in [2.45, 2.75) is 65.5 Å². The Balaban J connectivity index is 1.60. The second-order valence-electron chi connectivity index (χ2n) is 9.95. The molecule has 34 heavy (non-hydrogen) atoms. The average Bonchev–Trinajstić information content (AvgIpc) is 2.82. The van der Waals surface area contributed by atoms with E-state index in [0.29, 0.717) is 5.92 Å². The minimum atomic E-state index is 0.506. The van der Waals surface area contributed by atoms with Gasteiger partial charge in [-0.1, -0.05) is 67.9 Å². The molecule has 3 aromatic rings. The zero-order valence-corrected chi connectivity index (χ0v) is 21.3. The van der Waals surface area contributed by atoms with Crippen molar-refractivity contribution in [2.75, 3.05) is 20.3 Å². The van der Waals surface area contributed by atoms with Crippen LogP contribution in [0.3, 0.4) is 0 Å². The molecule has 0 amide bonds. The summed E-state index contributed by atoms with van der Waals surface area (Å²) < 4.78 is 11.9. The molecular weight excluding hydrogens is 418 g/mol. The molecule has 0 fully saturated rings. The Morgan fingerprint density at radius 2 is 1.79 bits per heavy atom. The molecule has 0 spiro atoms. The van der Waals surface area contributed by atoms with Gasteiger partial charge < -0.3 is 9.47 Å². The third-order valence-corrected chi connectivity index (χ3v) is 6.75. The fraction of sp³-hybridized carbons (Fsp3) is 0.419. The Morgan fingerprint density at radius 3 is 2.62 bits per heavy atom. The van der Waals surface area contributed by atoms with Gasteiger partial charge in [0, 0.05) is 25.1 Å². The van der Waals surface area contributed by atoms with Gasteiger partial charge in [0.05, 0.1) is 13.7 Å². The molecule has 0 atom stereocenters. The predicted molar refractivity (Wildman–Crippen MR) is 141 cm³/mol. The maximum absolute atomic E-state index is 6.22. The topological polar surface area (TPSA) is 21.7 Å². The van der Waals surface area contributed by atoms with E-state index in [4.69, 9.17) is 9.47 Å². The summed E-state index contributed by atoms with van der Waals surface area (Å²) in [5.41, 5.74) is 7.90. The van der Waals surface area contributed by atoms with Crippen LogP contribution < -0.4 is 9.47 Å². The average molecular weight is 458 g/mol. The highest BCUT2D eigenvalue weighted by atomic mass is 16.5. The van der Waals surface area contributed by atoms with Crippen molar-refractivity contribution in [1.29, 1.82) is 0 Å². The van der Waals surface area contributed by atoms with Crippen LogP contribution in [0.5, 0.6) is 11.5 Å². The number of ether oxygens (including phenoxy) is 2. The molecule has 4 rings (SSSR count). The molecule has 180 valence electrons. The molecule has 0 saturated heterocycles. The van der Waals surface area contributed by atoms with E-state index in [1.54, 1.807) is 7.11 Å². The molecule has 0 aromatic heterocycles. The summed E-state index contributed by atoms with van der Waals surface area (Å²) in [6.45, 7) is 10.3. The molecule has 0 unspecified atom stereocenters. The summed E-state index contributed by atoms with van der Waals surface area (Å²) in [6, 6.07) is 22.3. The van der Waals surface area contributed by atoms with Crippen LogP contribution in [0, 0.1) is 6.92 Å². The Bertz CT molecular complexity index is 1090. The van der Waals surface area contributed by atoms with Crippen LogP contribution in [0.1, 0.15) is 72.4 Å². The summed E-state index contributed by atoms with van der Waals surface area (Å²) in [7, 11) is 1.78. The molecule has 2 bridgehead atoms. The van der Waals surface area contributed by atoms with Crippen LogP contribution in [-0.2, 0) is 19.5 Å². The maximum Gasteiger partial charge on any atom is 0.123 e. The maximum atomic E-state index is 6.22. The number of benzene rings is 3. The van der Waals surface area contributed by atoms with Gasteiger partial charge >= 0.3 is 0 Å². The third-order valence-electron chi connectivity index (χ3n) is 6.75. The fourth-order valence-corrected chi connectivity index (χ4v) is 4.84. The van der Waals surface area contributed by atoms with Crippen molar-refractivity contribution in [1.82, 2.24) is 4.90 Å². The van der Waals surface area contributed by atoms with Crippen LogP contribution in [-0.4, -0.2) is 25.2 Å². The molecule has 3 aromatic carbocycles. The Kier molecular flexibility index (Phi) is 8.29. The second-order valence-corrected chi connectivity index (χ2v) is 9.95. The summed E-state index contributed by atoms with van der Waals surface area (Å²) in [5, 5.41) is 0. The highest BCUT2D eigenvalue weighted by molar-refractivity contribution is 5.41. The molecule has 0 saturated carbocycles. The van der Waals surface area contributed by atoms with Gasteiger partial charge in [-0.3, -0.25) is 4.90 Å². The Hall–Kier alpha value is -2.78. The smallest absolute Gasteiger partial charge is 0.123 e. The van der Waals surface area contributed by atoms with Gasteiger partial charge in [0.15, 0.2) is 0 Å². The van der Waals surface area contributed by atoms with Crippen LogP contribution in [0.4, 0.5) is 0 Å². The first-order valence-electron chi connectivity index (χ1n) is 12.7. The first-order valence-corrected chi connectivity index (χ1v) is 12.7. The zero-order chi connectivity index (χ0) is 23.9. The summed E-state index contributed by atoms with van der Waals surface area (Å²) >= 11 is 0. The van der Waals surface area contributed by atoms with Gasteiger partial charge in [0.1, 0.15) is 11.5 Å². The van der Waals surface area contributed by atoms with E-state index in [1.165, 1.54) is 39.8 Å². The molecule has 0 aliphatic carbocycles. The lowest BCUT2D eigenvalue weighted by Crippen LogP contribution is -2.24. The van der Waals surface area contributed by atoms with Gasteiger partial charge in [-0.25, -0.2) is 0 Å². The summed E-state index contributed by atoms with van der Waals surface area (Å²) in [4.78, 5) is 2.58. The minimum absolute atomic E-state index is 0.506. The SMILES string of the molecule is COc1ccc(C(C)C)cc1CN1CCCCCOc2ccc(C)cc2Cc2cccc(c2)C1. The van der Waals surface area contributed by atoms with Crippen molar-refractivity contribution in [3.8, 4) is 11.5 Å². The molecule has 1 aliphatic rings. The van der Waals surface area contributed by atoms with Crippen LogP contribution in [0.15, 0.2) is 60.7 Å². The highest BCUT2D eigenvalue weighted by Gasteiger charge is 2.14. The largest absolute Gasteiger partial charge is 0.496 e. The quantitative estimate of drug-likeness (QED) is 0.411. The lowest BCUT2D eigenvalue weighted by molar-refractivity contribution is 0.240. The lowest BCUT2D eigenvalue weighted by Gasteiger charge is -2.25.